The molecule has 2 heterocycles. The van der Waals surface area contributed by atoms with E-state index >= 15 is 0 Å². The quantitative estimate of drug-likeness (QED) is 0.811. The lowest BCUT2D eigenvalue weighted by Gasteiger charge is -2.34. The minimum Gasteiger partial charge on any atom is -0.327 e. The van der Waals surface area contributed by atoms with Gasteiger partial charge in [-0.2, -0.15) is 0 Å². The van der Waals surface area contributed by atoms with Gasteiger partial charge in [-0.25, -0.2) is 0 Å². The lowest BCUT2D eigenvalue weighted by molar-refractivity contribution is 0.213. The average molecular weight is 236 g/mol. The molecule has 1 aliphatic carbocycles. The first-order valence-electron chi connectivity index (χ1n) is 6.32. The summed E-state index contributed by atoms with van der Waals surface area (Å²) >= 11 is 1.91. The van der Waals surface area contributed by atoms with Crippen LogP contribution in [0.2, 0.25) is 0 Å². The van der Waals surface area contributed by atoms with Gasteiger partial charge in [0.2, 0.25) is 0 Å². The molecule has 1 aromatic rings. The van der Waals surface area contributed by atoms with Crippen LogP contribution in [-0.4, -0.2) is 24.0 Å². The van der Waals surface area contributed by atoms with Crippen LogP contribution in [0.25, 0.3) is 0 Å². The largest absolute Gasteiger partial charge is 0.327 e. The summed E-state index contributed by atoms with van der Waals surface area (Å²) in [5.41, 5.74) is 9.31. The highest BCUT2D eigenvalue weighted by molar-refractivity contribution is 7.10. The molecule has 0 bridgehead atoms. The molecule has 3 heteroatoms. The molecule has 2 nitrogen and oxygen atoms in total. The van der Waals surface area contributed by atoms with E-state index in [1.807, 2.05) is 11.3 Å². The van der Waals surface area contributed by atoms with Crippen molar-refractivity contribution in [3.8, 4) is 0 Å². The minimum atomic E-state index is 0.371. The number of rotatable bonds is 1. The van der Waals surface area contributed by atoms with Gasteiger partial charge in [0.25, 0.3) is 0 Å². The van der Waals surface area contributed by atoms with Crippen LogP contribution in [0.5, 0.6) is 0 Å². The van der Waals surface area contributed by atoms with Gasteiger partial charge in [0.1, 0.15) is 0 Å². The smallest absolute Gasteiger partial charge is 0.0376 e. The van der Waals surface area contributed by atoms with Crippen LogP contribution in [0.15, 0.2) is 5.38 Å². The van der Waals surface area contributed by atoms with E-state index in [0.717, 1.165) is 12.8 Å². The van der Waals surface area contributed by atoms with Gasteiger partial charge < -0.3 is 5.73 Å². The van der Waals surface area contributed by atoms with Gasteiger partial charge in [-0.3, -0.25) is 4.90 Å². The summed E-state index contributed by atoms with van der Waals surface area (Å²) in [7, 11) is 0. The number of hydrogen-bond acceptors (Lipinski definition) is 3. The summed E-state index contributed by atoms with van der Waals surface area (Å²) in [6.07, 6.45) is 4.98. The summed E-state index contributed by atoms with van der Waals surface area (Å²) < 4.78 is 0. The van der Waals surface area contributed by atoms with Crippen molar-refractivity contribution in [2.75, 3.05) is 13.1 Å². The molecular formula is C13H20N2S. The Morgan fingerprint density at radius 1 is 1.38 bits per heavy atom. The van der Waals surface area contributed by atoms with Crippen LogP contribution in [0.1, 0.15) is 41.3 Å². The van der Waals surface area contributed by atoms with E-state index in [0.29, 0.717) is 12.1 Å². The molecule has 2 atom stereocenters. The van der Waals surface area contributed by atoms with Gasteiger partial charge in [-0.1, -0.05) is 0 Å². The summed E-state index contributed by atoms with van der Waals surface area (Å²) in [4.78, 5) is 4.20. The molecule has 3 rings (SSSR count). The molecule has 16 heavy (non-hydrogen) atoms. The SMILES string of the molecule is Cc1csc2c1C(N1CCCC1)CC(N)C2. The molecule has 1 fully saturated rings. The number of hydrogen-bond donors (Lipinski definition) is 1. The Morgan fingerprint density at radius 2 is 2.12 bits per heavy atom. The minimum absolute atomic E-state index is 0.371. The zero-order valence-electron chi connectivity index (χ0n) is 9.91. The van der Waals surface area contributed by atoms with Crippen molar-refractivity contribution in [3.05, 3.63) is 21.4 Å². The molecular weight excluding hydrogens is 216 g/mol. The van der Waals surface area contributed by atoms with Crippen LogP contribution in [-0.2, 0) is 6.42 Å². The highest BCUT2D eigenvalue weighted by Crippen LogP contribution is 2.40. The molecule has 0 amide bonds. The molecule has 0 aromatic carbocycles. The summed E-state index contributed by atoms with van der Waals surface area (Å²) in [5, 5.41) is 2.31. The second-order valence-corrected chi connectivity index (χ2v) is 6.18. The van der Waals surface area contributed by atoms with E-state index in [9.17, 15) is 0 Å². The molecule has 88 valence electrons. The van der Waals surface area contributed by atoms with Crippen molar-refractivity contribution < 1.29 is 0 Å². The first-order chi connectivity index (χ1) is 7.75. The van der Waals surface area contributed by atoms with E-state index in [1.165, 1.54) is 31.5 Å². The first-order valence-corrected chi connectivity index (χ1v) is 7.20. The summed E-state index contributed by atoms with van der Waals surface area (Å²) in [6, 6.07) is 0.989. The van der Waals surface area contributed by atoms with E-state index in [1.54, 1.807) is 10.4 Å². The number of fused-ring (bicyclic) bond motifs is 1. The van der Waals surface area contributed by atoms with Gasteiger partial charge in [-0.05, 0) is 62.2 Å². The highest BCUT2D eigenvalue weighted by atomic mass is 32.1. The van der Waals surface area contributed by atoms with Crippen molar-refractivity contribution in [2.24, 2.45) is 5.73 Å². The third kappa shape index (κ3) is 1.71. The van der Waals surface area contributed by atoms with Gasteiger partial charge >= 0.3 is 0 Å². The number of nitrogens with two attached hydrogens (primary N) is 1. The standard InChI is InChI=1S/C13H20N2S/c1-9-8-16-12-7-10(14)6-11(13(9)12)15-4-2-3-5-15/h8,10-11H,2-7,14H2,1H3. The predicted octanol–water partition coefficient (Wildman–Crippen LogP) is 2.47. The summed E-state index contributed by atoms with van der Waals surface area (Å²) in [6.45, 7) is 4.80. The van der Waals surface area contributed by atoms with Crippen LogP contribution in [0.4, 0.5) is 0 Å². The van der Waals surface area contributed by atoms with E-state index in [2.05, 4.69) is 17.2 Å². The third-order valence-corrected chi connectivity index (χ3v) is 5.13. The second-order valence-electron chi connectivity index (χ2n) is 5.21. The van der Waals surface area contributed by atoms with E-state index in [-0.39, 0.29) is 0 Å². The third-order valence-electron chi connectivity index (χ3n) is 3.99. The average Bonchev–Trinajstić information content (AvgIpc) is 2.87. The first kappa shape index (κ1) is 10.8. The normalized spacial score (nSPS) is 30.6. The van der Waals surface area contributed by atoms with Crippen molar-refractivity contribution in [3.63, 3.8) is 0 Å². The Kier molecular flexibility index (Phi) is 2.78. The monoisotopic (exact) mass is 236 g/mol. The molecule has 0 spiro atoms. The predicted molar refractivity (Wildman–Crippen MR) is 68.9 cm³/mol. The topological polar surface area (TPSA) is 29.3 Å². The zero-order chi connectivity index (χ0) is 11.1. The van der Waals surface area contributed by atoms with Gasteiger partial charge in [0.15, 0.2) is 0 Å². The number of nitrogens with zero attached hydrogens (tertiary/aromatic N) is 1. The highest BCUT2D eigenvalue weighted by Gasteiger charge is 2.32. The van der Waals surface area contributed by atoms with Gasteiger partial charge in [0.05, 0.1) is 0 Å². The molecule has 2 N–H and O–H groups in total. The zero-order valence-corrected chi connectivity index (χ0v) is 10.7. The fraction of sp³-hybridized carbons (Fsp3) is 0.692. The van der Waals surface area contributed by atoms with Crippen LogP contribution in [0.3, 0.4) is 0 Å². The Bertz CT molecular complexity index is 379. The van der Waals surface area contributed by atoms with Crippen LogP contribution in [0, 0.1) is 6.92 Å². The Hall–Kier alpha value is -0.380. The molecule has 2 aliphatic rings. The number of likely N-dealkylation sites (tertiary alicyclic amines) is 1. The fourth-order valence-electron chi connectivity index (χ4n) is 3.22. The van der Waals surface area contributed by atoms with Crippen LogP contribution < -0.4 is 5.73 Å². The van der Waals surface area contributed by atoms with Gasteiger partial charge in [-0.15, -0.1) is 11.3 Å². The molecule has 0 saturated carbocycles. The molecule has 1 aliphatic heterocycles. The maximum atomic E-state index is 6.20. The van der Waals surface area contributed by atoms with Crippen molar-refractivity contribution in [1.82, 2.24) is 4.90 Å². The van der Waals surface area contributed by atoms with Crippen LogP contribution >= 0.6 is 11.3 Å². The van der Waals surface area contributed by atoms with Crippen molar-refractivity contribution in [1.29, 1.82) is 0 Å². The molecule has 1 aromatic heterocycles. The van der Waals surface area contributed by atoms with E-state index in [4.69, 9.17) is 5.73 Å². The summed E-state index contributed by atoms with van der Waals surface area (Å²) in [5.74, 6) is 0. The lowest BCUT2D eigenvalue weighted by atomic mass is 9.87. The molecule has 1 saturated heterocycles. The van der Waals surface area contributed by atoms with Crippen molar-refractivity contribution in [2.45, 2.75) is 44.7 Å². The second kappa shape index (κ2) is 4.13. The Balaban J connectivity index is 1.95. The number of thiophene rings is 1. The van der Waals surface area contributed by atoms with E-state index < -0.39 is 0 Å². The maximum Gasteiger partial charge on any atom is 0.0376 e. The number of aryl methyl sites for hydroxylation is 1. The molecule has 2 unspecified atom stereocenters. The van der Waals surface area contributed by atoms with Gasteiger partial charge in [0, 0.05) is 17.0 Å². The molecule has 0 radical (unpaired) electrons. The fourth-order valence-corrected chi connectivity index (χ4v) is 4.40. The maximum absolute atomic E-state index is 6.20. The lowest BCUT2D eigenvalue weighted by Crippen LogP contribution is -2.37. The Labute approximate surface area is 101 Å². The Morgan fingerprint density at radius 3 is 2.88 bits per heavy atom. The van der Waals surface area contributed by atoms with Crippen molar-refractivity contribution >= 4 is 11.3 Å².